The predicted octanol–water partition coefficient (Wildman–Crippen LogP) is 2.22. The van der Waals surface area contributed by atoms with Crippen molar-refractivity contribution < 1.29 is 27.6 Å². The second-order valence-corrected chi connectivity index (χ2v) is 7.70. The monoisotopic (exact) mass is 372 g/mol. The van der Waals surface area contributed by atoms with E-state index in [-0.39, 0.29) is 35.3 Å². The van der Waals surface area contributed by atoms with Gasteiger partial charge in [-0.25, -0.2) is 8.42 Å². The van der Waals surface area contributed by atoms with Crippen LogP contribution in [0.3, 0.4) is 0 Å². The first-order valence-corrected chi connectivity index (χ1v) is 9.63. The maximum Gasteiger partial charge on any atom is 0.302 e. The Morgan fingerprint density at radius 3 is 2.60 bits per heavy atom. The zero-order valence-corrected chi connectivity index (χ0v) is 14.7. The molecule has 0 unspecified atom stereocenters. The Bertz CT molecular complexity index is 763. The zero-order valence-electron chi connectivity index (χ0n) is 13.9. The molecule has 138 valence electrons. The van der Waals surface area contributed by atoms with Crippen LogP contribution < -0.4 is 9.46 Å². The second kappa shape index (κ2) is 7.68. The third-order valence-electron chi connectivity index (χ3n) is 3.68. The Balaban J connectivity index is 2.21. The molecule has 25 heavy (non-hydrogen) atoms. The summed E-state index contributed by atoms with van der Waals surface area (Å²) in [7, 11) is -3.57. The Hall–Kier alpha value is -2.36. The van der Waals surface area contributed by atoms with E-state index in [4.69, 9.17) is 9.47 Å². The molecule has 0 aromatic heterocycles. The number of ether oxygens (including phenoxy) is 2. The van der Waals surface area contributed by atoms with Gasteiger partial charge in [-0.05, 0) is 25.3 Å². The number of hydrogen-bond acceptors (Lipinski definition) is 7. The minimum Gasteiger partial charge on any atom is -0.488 e. The summed E-state index contributed by atoms with van der Waals surface area (Å²) in [6.45, 7) is 1.33. The fourth-order valence-electron chi connectivity index (χ4n) is 2.74. The van der Waals surface area contributed by atoms with Crippen molar-refractivity contribution in [3.63, 3.8) is 0 Å². The second-order valence-electron chi connectivity index (χ2n) is 5.95. The minimum absolute atomic E-state index is 0.0769. The highest BCUT2D eigenvalue weighted by Gasteiger charge is 2.27. The topological polar surface area (TPSA) is 125 Å². The molecule has 1 aromatic rings. The third kappa shape index (κ3) is 5.89. The lowest BCUT2D eigenvalue weighted by atomic mass is 9.95. The van der Waals surface area contributed by atoms with Crippen LogP contribution in [0.4, 0.5) is 11.4 Å². The Labute approximate surface area is 145 Å². The van der Waals surface area contributed by atoms with Gasteiger partial charge in [0.15, 0.2) is 5.75 Å². The molecule has 1 N–H and O–H groups in total. The van der Waals surface area contributed by atoms with Gasteiger partial charge < -0.3 is 9.47 Å². The van der Waals surface area contributed by atoms with Crippen LogP contribution in [0.25, 0.3) is 0 Å². The number of hydrogen-bond donors (Lipinski definition) is 1. The number of esters is 1. The number of anilines is 1. The van der Waals surface area contributed by atoms with Crippen LogP contribution in [0.1, 0.15) is 32.6 Å². The van der Waals surface area contributed by atoms with Crippen LogP contribution in [0.15, 0.2) is 18.2 Å². The SMILES string of the molecule is CC(=O)O[C@@H]1CCC[C@H](Oc2cc([N+](=O)[O-])ccc2NS(C)(=O)=O)C1. The van der Waals surface area contributed by atoms with E-state index < -0.39 is 14.9 Å². The third-order valence-corrected chi connectivity index (χ3v) is 4.27. The number of rotatable bonds is 6. The zero-order chi connectivity index (χ0) is 18.6. The van der Waals surface area contributed by atoms with Crippen molar-refractivity contribution in [2.45, 2.75) is 44.8 Å². The van der Waals surface area contributed by atoms with Gasteiger partial charge in [0.1, 0.15) is 12.2 Å². The van der Waals surface area contributed by atoms with Crippen molar-refractivity contribution in [1.82, 2.24) is 0 Å². The maximum atomic E-state index is 11.5. The maximum absolute atomic E-state index is 11.5. The van der Waals surface area contributed by atoms with Crippen molar-refractivity contribution in [2.24, 2.45) is 0 Å². The number of non-ortho nitro benzene ring substituents is 1. The van der Waals surface area contributed by atoms with Crippen LogP contribution in [-0.2, 0) is 19.6 Å². The minimum atomic E-state index is -3.57. The number of carbonyl (C=O) groups excluding carboxylic acids is 1. The summed E-state index contributed by atoms with van der Waals surface area (Å²) < 4.78 is 36.3. The van der Waals surface area contributed by atoms with Crippen LogP contribution in [0.5, 0.6) is 5.75 Å². The van der Waals surface area contributed by atoms with E-state index in [1.54, 1.807) is 0 Å². The molecule has 1 aromatic carbocycles. The molecule has 1 saturated carbocycles. The predicted molar refractivity (Wildman–Crippen MR) is 90.0 cm³/mol. The summed E-state index contributed by atoms with van der Waals surface area (Å²) in [5, 5.41) is 11.0. The van der Waals surface area contributed by atoms with Crippen molar-refractivity contribution >= 4 is 27.4 Å². The Morgan fingerprint density at radius 1 is 1.32 bits per heavy atom. The average Bonchev–Trinajstić information content (AvgIpc) is 2.47. The van der Waals surface area contributed by atoms with Gasteiger partial charge in [-0.15, -0.1) is 0 Å². The molecule has 0 bridgehead atoms. The van der Waals surface area contributed by atoms with Gasteiger partial charge in [0.2, 0.25) is 10.0 Å². The van der Waals surface area contributed by atoms with Crippen LogP contribution in [-0.4, -0.2) is 37.8 Å². The van der Waals surface area contributed by atoms with Crippen LogP contribution >= 0.6 is 0 Å². The number of benzene rings is 1. The lowest BCUT2D eigenvalue weighted by Crippen LogP contribution is -2.31. The first-order chi connectivity index (χ1) is 11.6. The van der Waals surface area contributed by atoms with E-state index in [1.807, 2.05) is 0 Å². The molecule has 0 heterocycles. The molecule has 2 rings (SSSR count). The van der Waals surface area contributed by atoms with Crippen molar-refractivity contribution in [1.29, 1.82) is 0 Å². The van der Waals surface area contributed by atoms with Crippen molar-refractivity contribution in [3.05, 3.63) is 28.3 Å². The molecule has 10 heteroatoms. The fourth-order valence-corrected chi connectivity index (χ4v) is 3.30. The van der Waals surface area contributed by atoms with Crippen LogP contribution in [0, 0.1) is 10.1 Å². The lowest BCUT2D eigenvalue weighted by Gasteiger charge is -2.29. The molecular weight excluding hydrogens is 352 g/mol. The highest BCUT2D eigenvalue weighted by atomic mass is 32.2. The molecule has 0 saturated heterocycles. The quantitative estimate of drug-likeness (QED) is 0.461. The molecule has 0 amide bonds. The van der Waals surface area contributed by atoms with Crippen molar-refractivity contribution in [2.75, 3.05) is 11.0 Å². The number of nitrogens with zero attached hydrogens (tertiary/aromatic N) is 1. The van der Waals surface area contributed by atoms with Gasteiger partial charge in [-0.3, -0.25) is 19.6 Å². The molecule has 0 aliphatic heterocycles. The summed E-state index contributed by atoms with van der Waals surface area (Å²) in [5.41, 5.74) is -0.0795. The van der Waals surface area contributed by atoms with Gasteiger partial charge in [0.25, 0.3) is 5.69 Å². The van der Waals surface area contributed by atoms with E-state index in [0.29, 0.717) is 12.8 Å². The Kier molecular flexibility index (Phi) is 5.83. The first kappa shape index (κ1) is 19.0. The average molecular weight is 372 g/mol. The van der Waals surface area contributed by atoms with Crippen LogP contribution in [0.2, 0.25) is 0 Å². The van der Waals surface area contributed by atoms with Gasteiger partial charge in [0, 0.05) is 19.4 Å². The van der Waals surface area contributed by atoms with Crippen molar-refractivity contribution in [3.8, 4) is 5.75 Å². The lowest BCUT2D eigenvalue weighted by molar-refractivity contribution is -0.384. The number of carbonyl (C=O) groups is 1. The van der Waals surface area contributed by atoms with Gasteiger partial charge >= 0.3 is 5.97 Å². The normalized spacial score (nSPS) is 20.6. The van der Waals surface area contributed by atoms with E-state index in [2.05, 4.69) is 4.72 Å². The van der Waals surface area contributed by atoms with E-state index in [9.17, 15) is 23.3 Å². The molecule has 9 nitrogen and oxygen atoms in total. The number of nitro benzene ring substituents is 1. The van der Waals surface area contributed by atoms with Gasteiger partial charge in [0.05, 0.1) is 22.9 Å². The molecule has 2 atom stereocenters. The summed E-state index contributed by atoms with van der Waals surface area (Å²) in [6, 6.07) is 3.67. The largest absolute Gasteiger partial charge is 0.488 e. The highest BCUT2D eigenvalue weighted by molar-refractivity contribution is 7.92. The molecule has 1 aliphatic carbocycles. The Morgan fingerprint density at radius 2 is 2.00 bits per heavy atom. The molecule has 1 fully saturated rings. The summed E-state index contributed by atoms with van der Waals surface area (Å²) >= 11 is 0. The standard InChI is InChI=1S/C15H20N2O7S/c1-10(18)23-12-4-3-5-13(9-12)24-15-8-11(17(19)20)6-7-14(15)16-25(2,21)22/h6-8,12-13,16H,3-5,9H2,1-2H3/t12-,13+/m1/s1. The number of nitrogens with one attached hydrogen (secondary N) is 1. The number of nitro groups is 1. The van der Waals surface area contributed by atoms with E-state index in [0.717, 1.165) is 19.1 Å². The van der Waals surface area contributed by atoms with Gasteiger partial charge in [-0.2, -0.15) is 0 Å². The van der Waals surface area contributed by atoms with Gasteiger partial charge in [-0.1, -0.05) is 0 Å². The number of sulfonamides is 1. The highest BCUT2D eigenvalue weighted by Crippen LogP contribution is 2.33. The first-order valence-electron chi connectivity index (χ1n) is 7.74. The summed E-state index contributed by atoms with van der Waals surface area (Å²) in [6.07, 6.45) is 2.99. The van der Waals surface area contributed by atoms with E-state index in [1.165, 1.54) is 25.1 Å². The molecule has 0 radical (unpaired) electrons. The fraction of sp³-hybridized carbons (Fsp3) is 0.533. The summed E-state index contributed by atoms with van der Waals surface area (Å²) in [5.74, 6) is -0.298. The molecule has 0 spiro atoms. The van der Waals surface area contributed by atoms with E-state index >= 15 is 0 Å². The molecule has 1 aliphatic rings. The molecular formula is C15H20N2O7S. The smallest absolute Gasteiger partial charge is 0.302 e. The summed E-state index contributed by atoms with van der Waals surface area (Å²) in [4.78, 5) is 21.5.